The molecule has 0 fully saturated rings. The van der Waals surface area contributed by atoms with E-state index in [4.69, 9.17) is 5.73 Å². The van der Waals surface area contributed by atoms with Gasteiger partial charge in [-0.1, -0.05) is 18.7 Å². The van der Waals surface area contributed by atoms with E-state index in [1.54, 1.807) is 11.8 Å². The third kappa shape index (κ3) is 2.90. The maximum absolute atomic E-state index is 5.71. The normalized spacial score (nSPS) is 13.3. The molecule has 1 aromatic rings. The molecule has 0 aromatic carbocycles. The van der Waals surface area contributed by atoms with Crippen LogP contribution in [0.1, 0.15) is 13.3 Å². The number of thioether (sulfide) groups is 1. The minimum Gasteiger partial charge on any atom is -0.327 e. The van der Waals surface area contributed by atoms with Gasteiger partial charge in [0.1, 0.15) is 6.33 Å². The van der Waals surface area contributed by atoms with Crippen LogP contribution in [0.2, 0.25) is 0 Å². The quantitative estimate of drug-likeness (QED) is 0.654. The highest BCUT2D eigenvalue weighted by Crippen LogP contribution is 2.11. The van der Waals surface area contributed by atoms with Gasteiger partial charge in [0, 0.05) is 11.8 Å². The Kier molecular flexibility index (Phi) is 3.38. The van der Waals surface area contributed by atoms with Crippen molar-refractivity contribution in [3.8, 4) is 0 Å². The summed E-state index contributed by atoms with van der Waals surface area (Å²) >= 11 is 1.61. The molecule has 1 atom stereocenters. The van der Waals surface area contributed by atoms with E-state index in [1.165, 1.54) is 6.33 Å². The number of nitrogens with one attached hydrogen (secondary N) is 1. The van der Waals surface area contributed by atoms with Gasteiger partial charge in [0.15, 0.2) is 5.16 Å². The second-order valence-electron chi connectivity index (χ2n) is 2.27. The molecule has 0 bridgehead atoms. The van der Waals surface area contributed by atoms with E-state index in [0.717, 1.165) is 17.3 Å². The Morgan fingerprint density at radius 1 is 1.82 bits per heavy atom. The second kappa shape index (κ2) is 4.35. The summed E-state index contributed by atoms with van der Waals surface area (Å²) in [5.41, 5.74) is 5.71. The Morgan fingerprint density at radius 3 is 3.18 bits per heavy atom. The zero-order valence-electron chi connectivity index (χ0n) is 6.45. The lowest BCUT2D eigenvalue weighted by Gasteiger charge is -2.04. The summed E-state index contributed by atoms with van der Waals surface area (Å²) in [6.45, 7) is 2.08. The van der Waals surface area contributed by atoms with Gasteiger partial charge in [0.05, 0.1) is 0 Å². The van der Waals surface area contributed by atoms with Crippen molar-refractivity contribution in [1.82, 2.24) is 15.2 Å². The van der Waals surface area contributed by atoms with Gasteiger partial charge >= 0.3 is 0 Å². The molecule has 1 aromatic heterocycles. The van der Waals surface area contributed by atoms with E-state index in [1.807, 2.05) is 0 Å². The van der Waals surface area contributed by atoms with Gasteiger partial charge in [0.25, 0.3) is 0 Å². The zero-order chi connectivity index (χ0) is 8.10. The van der Waals surface area contributed by atoms with Crippen LogP contribution in [-0.4, -0.2) is 27.0 Å². The van der Waals surface area contributed by atoms with E-state index >= 15 is 0 Å². The highest BCUT2D eigenvalue weighted by molar-refractivity contribution is 7.99. The minimum atomic E-state index is 0.255. The molecule has 4 nitrogen and oxygen atoms in total. The van der Waals surface area contributed by atoms with Crippen molar-refractivity contribution in [3.05, 3.63) is 6.33 Å². The number of aromatic amines is 1. The summed E-state index contributed by atoms with van der Waals surface area (Å²) in [5.74, 6) is 0.895. The number of hydrogen-bond acceptors (Lipinski definition) is 4. The lowest BCUT2D eigenvalue weighted by molar-refractivity contribution is 0.723. The van der Waals surface area contributed by atoms with E-state index in [-0.39, 0.29) is 6.04 Å². The average Bonchev–Trinajstić information content (AvgIpc) is 2.52. The predicted octanol–water partition coefficient (Wildman–Crippen LogP) is 0.634. The first kappa shape index (κ1) is 8.55. The van der Waals surface area contributed by atoms with Crippen LogP contribution < -0.4 is 5.73 Å². The van der Waals surface area contributed by atoms with Crippen molar-refractivity contribution in [2.45, 2.75) is 24.5 Å². The number of aromatic nitrogens is 3. The summed E-state index contributed by atoms with van der Waals surface area (Å²) in [6, 6.07) is 0.255. The van der Waals surface area contributed by atoms with Gasteiger partial charge in [0.2, 0.25) is 0 Å². The van der Waals surface area contributed by atoms with Crippen molar-refractivity contribution < 1.29 is 0 Å². The first-order valence-electron chi connectivity index (χ1n) is 3.56. The lowest BCUT2D eigenvalue weighted by atomic mass is 10.3. The third-order valence-electron chi connectivity index (χ3n) is 1.35. The molecule has 5 heteroatoms. The molecule has 1 heterocycles. The Hall–Kier alpha value is -0.550. The van der Waals surface area contributed by atoms with Crippen LogP contribution in [0.15, 0.2) is 11.5 Å². The Morgan fingerprint density at radius 2 is 2.64 bits per heavy atom. The van der Waals surface area contributed by atoms with Gasteiger partial charge in [-0.3, -0.25) is 5.10 Å². The van der Waals surface area contributed by atoms with Crippen LogP contribution in [0, 0.1) is 0 Å². The number of nitrogens with zero attached hydrogens (tertiary/aromatic N) is 2. The zero-order valence-corrected chi connectivity index (χ0v) is 7.27. The Bertz CT molecular complexity index is 186. The fourth-order valence-electron chi connectivity index (χ4n) is 0.568. The molecule has 1 rings (SSSR count). The number of H-pyrrole nitrogens is 1. The highest BCUT2D eigenvalue weighted by atomic mass is 32.2. The molecule has 0 aliphatic carbocycles. The average molecular weight is 172 g/mol. The number of hydrogen-bond donors (Lipinski definition) is 2. The first-order valence-corrected chi connectivity index (χ1v) is 4.55. The van der Waals surface area contributed by atoms with Crippen LogP contribution in [0.25, 0.3) is 0 Å². The molecule has 0 aliphatic heterocycles. The lowest BCUT2D eigenvalue weighted by Crippen LogP contribution is -2.21. The third-order valence-corrected chi connectivity index (χ3v) is 2.42. The molecule has 0 spiro atoms. The fourth-order valence-corrected chi connectivity index (χ4v) is 1.41. The van der Waals surface area contributed by atoms with Gasteiger partial charge in [-0.25, -0.2) is 4.98 Å². The number of nitrogens with two attached hydrogens (primary N) is 1. The van der Waals surface area contributed by atoms with E-state index < -0.39 is 0 Å². The Balaban J connectivity index is 2.23. The summed E-state index contributed by atoms with van der Waals surface area (Å²) in [5, 5.41) is 7.33. The smallest absolute Gasteiger partial charge is 0.183 e. The fraction of sp³-hybridized carbons (Fsp3) is 0.667. The Labute approximate surface area is 70.0 Å². The van der Waals surface area contributed by atoms with Crippen molar-refractivity contribution in [1.29, 1.82) is 0 Å². The summed E-state index contributed by atoms with van der Waals surface area (Å²) < 4.78 is 0. The van der Waals surface area contributed by atoms with Gasteiger partial charge < -0.3 is 5.73 Å². The van der Waals surface area contributed by atoms with Crippen molar-refractivity contribution in [2.24, 2.45) is 5.73 Å². The molecular formula is C6H12N4S. The largest absolute Gasteiger partial charge is 0.327 e. The maximum atomic E-state index is 5.71. The van der Waals surface area contributed by atoms with Crippen LogP contribution in [0.3, 0.4) is 0 Å². The molecule has 0 amide bonds. The van der Waals surface area contributed by atoms with Gasteiger partial charge in [-0.2, -0.15) is 5.10 Å². The minimum absolute atomic E-state index is 0.255. The molecule has 0 radical (unpaired) electrons. The first-order chi connectivity index (χ1) is 5.33. The van der Waals surface area contributed by atoms with Crippen molar-refractivity contribution >= 4 is 11.8 Å². The topological polar surface area (TPSA) is 67.6 Å². The predicted molar refractivity (Wildman–Crippen MR) is 45.4 cm³/mol. The molecule has 62 valence electrons. The summed E-state index contributed by atoms with van der Waals surface area (Å²) in [7, 11) is 0. The monoisotopic (exact) mass is 172 g/mol. The van der Waals surface area contributed by atoms with Crippen LogP contribution in [-0.2, 0) is 0 Å². The van der Waals surface area contributed by atoms with Crippen molar-refractivity contribution in [3.63, 3.8) is 0 Å². The molecule has 11 heavy (non-hydrogen) atoms. The molecule has 0 saturated heterocycles. The number of rotatable bonds is 4. The molecule has 3 N–H and O–H groups in total. The molecule has 0 saturated carbocycles. The van der Waals surface area contributed by atoms with Crippen LogP contribution >= 0.6 is 11.8 Å². The van der Waals surface area contributed by atoms with Crippen LogP contribution in [0.5, 0.6) is 0 Å². The molecule has 0 aliphatic rings. The molecular weight excluding hydrogens is 160 g/mol. The summed E-state index contributed by atoms with van der Waals surface area (Å²) in [6.07, 6.45) is 2.50. The highest BCUT2D eigenvalue weighted by Gasteiger charge is 2.01. The van der Waals surface area contributed by atoms with E-state index in [0.29, 0.717) is 0 Å². The standard InChI is InChI=1S/C6H12N4S/c1-2-5(7)3-11-6-8-4-9-10-6/h4-5H,2-3,7H2,1H3,(H,8,9,10). The van der Waals surface area contributed by atoms with Crippen molar-refractivity contribution in [2.75, 3.05) is 5.75 Å². The molecule has 1 unspecified atom stereocenters. The summed E-state index contributed by atoms with van der Waals surface area (Å²) in [4.78, 5) is 3.96. The van der Waals surface area contributed by atoms with E-state index in [9.17, 15) is 0 Å². The van der Waals surface area contributed by atoms with E-state index in [2.05, 4.69) is 22.1 Å². The van der Waals surface area contributed by atoms with Gasteiger partial charge in [-0.05, 0) is 6.42 Å². The second-order valence-corrected chi connectivity index (χ2v) is 3.28. The SMILES string of the molecule is CCC(N)CSc1ncn[nH]1. The van der Waals surface area contributed by atoms with Gasteiger partial charge in [-0.15, -0.1) is 0 Å². The maximum Gasteiger partial charge on any atom is 0.183 e. The van der Waals surface area contributed by atoms with Crippen LogP contribution in [0.4, 0.5) is 0 Å².